The van der Waals surface area contributed by atoms with Crippen LogP contribution in [0.5, 0.6) is 5.75 Å². The van der Waals surface area contributed by atoms with E-state index >= 15 is 0 Å². The van der Waals surface area contributed by atoms with Crippen LogP contribution in [-0.2, 0) is 13.2 Å². The van der Waals surface area contributed by atoms with Crippen LogP contribution in [0.15, 0.2) is 77.3 Å². The Bertz CT molecular complexity index is 1240. The number of hydrogen-bond donors (Lipinski definition) is 0. The van der Waals surface area contributed by atoms with Crippen molar-refractivity contribution >= 4 is 17.5 Å². The van der Waals surface area contributed by atoms with Gasteiger partial charge in [0.15, 0.2) is 0 Å². The summed E-state index contributed by atoms with van der Waals surface area (Å²) in [4.78, 5) is 18.9. The van der Waals surface area contributed by atoms with E-state index in [1.807, 2.05) is 55.5 Å². The average molecular weight is 448 g/mol. The van der Waals surface area contributed by atoms with Crippen molar-refractivity contribution in [1.29, 1.82) is 0 Å². The highest BCUT2D eigenvalue weighted by molar-refractivity contribution is 6.31. The van der Waals surface area contributed by atoms with E-state index in [0.29, 0.717) is 34.7 Å². The first-order valence-electron chi connectivity index (χ1n) is 10.1. The molecule has 0 atom stereocenters. The normalized spacial score (nSPS) is 10.7. The van der Waals surface area contributed by atoms with Crippen LogP contribution in [0.25, 0.3) is 11.4 Å². The van der Waals surface area contributed by atoms with Crippen molar-refractivity contribution in [3.05, 3.63) is 100 Å². The molecule has 0 bridgehead atoms. The van der Waals surface area contributed by atoms with E-state index in [1.165, 1.54) is 4.90 Å². The number of nitrogens with zero attached hydrogens (tertiary/aromatic N) is 3. The highest BCUT2D eigenvalue weighted by Crippen LogP contribution is 2.21. The van der Waals surface area contributed by atoms with E-state index in [1.54, 1.807) is 31.3 Å². The number of carbonyl (C=O) groups is 1. The molecule has 0 saturated heterocycles. The van der Waals surface area contributed by atoms with Gasteiger partial charge >= 0.3 is 0 Å². The monoisotopic (exact) mass is 447 g/mol. The molecular formula is C25H22ClN3O3. The SMILES string of the molecule is Cc1cccc(-c2noc(CN(C)C(=O)c3cccc(OCc4ccccc4Cl)c3)n2)c1. The number of rotatable bonds is 7. The Morgan fingerprint density at radius 2 is 1.88 bits per heavy atom. The second-order valence-corrected chi connectivity index (χ2v) is 7.86. The maximum Gasteiger partial charge on any atom is 0.254 e. The topological polar surface area (TPSA) is 68.5 Å². The minimum Gasteiger partial charge on any atom is -0.489 e. The summed E-state index contributed by atoms with van der Waals surface area (Å²) in [5.41, 5.74) is 3.36. The standard InChI is InChI=1S/C25H22ClN3O3/c1-17-7-5-9-18(13-17)24-27-23(32-28-24)15-29(2)25(30)19-10-6-11-21(14-19)31-16-20-8-3-4-12-22(20)26/h3-14H,15-16H2,1-2H3. The summed E-state index contributed by atoms with van der Waals surface area (Å²) in [5.74, 6) is 1.27. The van der Waals surface area contributed by atoms with Crippen molar-refractivity contribution in [2.75, 3.05) is 7.05 Å². The molecule has 1 heterocycles. The molecule has 0 saturated carbocycles. The van der Waals surface area contributed by atoms with Crippen LogP contribution in [0.1, 0.15) is 27.4 Å². The first-order valence-corrected chi connectivity index (χ1v) is 10.5. The van der Waals surface area contributed by atoms with Crippen LogP contribution in [0.2, 0.25) is 5.02 Å². The molecule has 1 aromatic heterocycles. The number of benzene rings is 3. The lowest BCUT2D eigenvalue weighted by atomic mass is 10.1. The van der Waals surface area contributed by atoms with Gasteiger partial charge < -0.3 is 14.2 Å². The van der Waals surface area contributed by atoms with Gasteiger partial charge in [0, 0.05) is 28.8 Å². The Labute approximate surface area is 191 Å². The summed E-state index contributed by atoms with van der Waals surface area (Å²) in [6.07, 6.45) is 0. The maximum absolute atomic E-state index is 12.9. The largest absolute Gasteiger partial charge is 0.489 e. The lowest BCUT2D eigenvalue weighted by Gasteiger charge is -2.15. The van der Waals surface area contributed by atoms with Gasteiger partial charge in [-0.3, -0.25) is 4.79 Å². The molecule has 0 radical (unpaired) electrons. The molecule has 0 unspecified atom stereocenters. The van der Waals surface area contributed by atoms with Gasteiger partial charge in [0.25, 0.3) is 5.91 Å². The van der Waals surface area contributed by atoms with Gasteiger partial charge in [0.2, 0.25) is 11.7 Å². The second-order valence-electron chi connectivity index (χ2n) is 7.45. The van der Waals surface area contributed by atoms with Gasteiger partial charge in [-0.2, -0.15) is 4.98 Å². The molecule has 4 aromatic rings. The Hall–Kier alpha value is -3.64. The van der Waals surface area contributed by atoms with Crippen LogP contribution < -0.4 is 4.74 Å². The fourth-order valence-electron chi connectivity index (χ4n) is 3.21. The molecule has 162 valence electrons. The number of ether oxygens (including phenoxy) is 1. The van der Waals surface area contributed by atoms with E-state index < -0.39 is 0 Å². The molecule has 0 N–H and O–H groups in total. The third-order valence-corrected chi connectivity index (χ3v) is 5.27. The van der Waals surface area contributed by atoms with Gasteiger partial charge in [-0.1, -0.05) is 64.8 Å². The summed E-state index contributed by atoms with van der Waals surface area (Å²) >= 11 is 6.18. The Morgan fingerprint density at radius 1 is 1.06 bits per heavy atom. The zero-order valence-corrected chi connectivity index (χ0v) is 18.5. The Balaban J connectivity index is 1.41. The van der Waals surface area contributed by atoms with Gasteiger partial charge in [-0.05, 0) is 37.3 Å². The number of carbonyl (C=O) groups excluding carboxylic acids is 1. The van der Waals surface area contributed by atoms with Crippen molar-refractivity contribution in [3.8, 4) is 17.1 Å². The van der Waals surface area contributed by atoms with Crippen LogP contribution in [0.4, 0.5) is 0 Å². The first-order chi connectivity index (χ1) is 15.5. The zero-order valence-electron chi connectivity index (χ0n) is 17.8. The highest BCUT2D eigenvalue weighted by atomic mass is 35.5. The molecule has 3 aromatic carbocycles. The zero-order chi connectivity index (χ0) is 22.5. The highest BCUT2D eigenvalue weighted by Gasteiger charge is 2.17. The van der Waals surface area contributed by atoms with Gasteiger partial charge in [-0.15, -0.1) is 0 Å². The summed E-state index contributed by atoms with van der Waals surface area (Å²) in [6, 6.07) is 22.4. The summed E-state index contributed by atoms with van der Waals surface area (Å²) in [7, 11) is 1.69. The fourth-order valence-corrected chi connectivity index (χ4v) is 3.40. The molecular weight excluding hydrogens is 426 g/mol. The molecule has 1 amide bonds. The third-order valence-electron chi connectivity index (χ3n) is 4.90. The first kappa shape index (κ1) is 21.6. The van der Waals surface area contributed by atoms with E-state index in [0.717, 1.165) is 16.7 Å². The quantitative estimate of drug-likeness (QED) is 0.371. The molecule has 0 aliphatic rings. The summed E-state index contributed by atoms with van der Waals surface area (Å²) in [5, 5.41) is 4.67. The van der Waals surface area contributed by atoms with Crippen molar-refractivity contribution in [2.24, 2.45) is 0 Å². The van der Waals surface area contributed by atoms with Crippen LogP contribution in [-0.4, -0.2) is 28.0 Å². The van der Waals surface area contributed by atoms with Crippen molar-refractivity contribution in [3.63, 3.8) is 0 Å². The van der Waals surface area contributed by atoms with E-state index in [9.17, 15) is 4.79 Å². The molecule has 0 aliphatic heterocycles. The average Bonchev–Trinajstić information content (AvgIpc) is 3.27. The number of amides is 1. The van der Waals surface area contributed by atoms with Crippen LogP contribution in [0, 0.1) is 6.92 Å². The maximum atomic E-state index is 12.9. The lowest BCUT2D eigenvalue weighted by Crippen LogP contribution is -2.26. The van der Waals surface area contributed by atoms with Crippen molar-refractivity contribution < 1.29 is 14.1 Å². The molecule has 0 fully saturated rings. The van der Waals surface area contributed by atoms with Crippen LogP contribution in [0.3, 0.4) is 0 Å². The Kier molecular flexibility index (Phi) is 6.52. The molecule has 6 nitrogen and oxygen atoms in total. The summed E-state index contributed by atoms with van der Waals surface area (Å²) < 4.78 is 11.2. The predicted molar refractivity (Wildman–Crippen MR) is 122 cm³/mol. The number of aryl methyl sites for hydroxylation is 1. The third kappa shape index (κ3) is 5.15. The molecule has 32 heavy (non-hydrogen) atoms. The van der Waals surface area contributed by atoms with Gasteiger partial charge in [-0.25, -0.2) is 0 Å². The van der Waals surface area contributed by atoms with Gasteiger partial charge in [0.1, 0.15) is 12.4 Å². The summed E-state index contributed by atoms with van der Waals surface area (Å²) in [6.45, 7) is 2.52. The minimum absolute atomic E-state index is 0.177. The van der Waals surface area contributed by atoms with E-state index in [2.05, 4.69) is 10.1 Å². The van der Waals surface area contributed by atoms with Gasteiger partial charge in [0.05, 0.1) is 6.54 Å². The number of hydrogen-bond acceptors (Lipinski definition) is 5. The molecule has 4 rings (SSSR count). The second kappa shape index (κ2) is 9.66. The molecule has 0 spiro atoms. The van der Waals surface area contributed by atoms with E-state index in [4.69, 9.17) is 20.9 Å². The Morgan fingerprint density at radius 3 is 2.69 bits per heavy atom. The number of aromatic nitrogens is 2. The fraction of sp³-hybridized carbons (Fsp3) is 0.160. The minimum atomic E-state index is -0.177. The number of halogens is 1. The molecule has 0 aliphatic carbocycles. The van der Waals surface area contributed by atoms with E-state index in [-0.39, 0.29) is 12.5 Å². The molecule has 7 heteroatoms. The van der Waals surface area contributed by atoms with Crippen molar-refractivity contribution in [1.82, 2.24) is 15.0 Å². The smallest absolute Gasteiger partial charge is 0.254 e. The van der Waals surface area contributed by atoms with Crippen molar-refractivity contribution in [2.45, 2.75) is 20.1 Å². The predicted octanol–water partition coefficient (Wildman–Crippen LogP) is 5.55. The lowest BCUT2D eigenvalue weighted by molar-refractivity contribution is 0.0769. The van der Waals surface area contributed by atoms with Crippen LogP contribution >= 0.6 is 11.6 Å².